The summed E-state index contributed by atoms with van der Waals surface area (Å²) in [6, 6.07) is 5.82. The molecule has 118 valence electrons. The van der Waals surface area contributed by atoms with Gasteiger partial charge in [0.1, 0.15) is 0 Å². The summed E-state index contributed by atoms with van der Waals surface area (Å²) in [6.45, 7) is 4.52. The van der Waals surface area contributed by atoms with Crippen LogP contribution in [0.1, 0.15) is 27.3 Å². The van der Waals surface area contributed by atoms with Crippen molar-refractivity contribution in [3.63, 3.8) is 0 Å². The zero-order valence-electron chi connectivity index (χ0n) is 13.1. The highest BCUT2D eigenvalue weighted by molar-refractivity contribution is 7.12. The maximum absolute atomic E-state index is 12.4. The summed E-state index contributed by atoms with van der Waals surface area (Å²) in [5.41, 5.74) is 3.73. The Balaban J connectivity index is 1.70. The lowest BCUT2D eigenvalue weighted by Crippen LogP contribution is -2.26. The van der Waals surface area contributed by atoms with E-state index in [1.165, 1.54) is 0 Å². The summed E-state index contributed by atoms with van der Waals surface area (Å²) in [4.78, 5) is 20.8. The fourth-order valence-electron chi connectivity index (χ4n) is 2.57. The van der Waals surface area contributed by atoms with E-state index in [0.717, 1.165) is 28.5 Å². The topological polar surface area (TPSA) is 59.8 Å². The van der Waals surface area contributed by atoms with Gasteiger partial charge in [0.25, 0.3) is 5.91 Å². The number of hydrogen-bond donors (Lipinski definition) is 1. The van der Waals surface area contributed by atoms with Crippen molar-refractivity contribution >= 4 is 17.2 Å². The first-order chi connectivity index (χ1) is 11.2. The molecule has 0 spiro atoms. The fourth-order valence-corrected chi connectivity index (χ4v) is 3.33. The van der Waals surface area contributed by atoms with Crippen molar-refractivity contribution in [1.29, 1.82) is 0 Å². The minimum Gasteiger partial charge on any atom is -0.352 e. The molecule has 0 unspecified atom stereocenters. The van der Waals surface area contributed by atoms with E-state index in [9.17, 15) is 4.79 Å². The van der Waals surface area contributed by atoms with E-state index in [0.29, 0.717) is 12.1 Å². The van der Waals surface area contributed by atoms with E-state index in [4.69, 9.17) is 0 Å². The predicted octanol–water partition coefficient (Wildman–Crippen LogP) is 2.92. The minimum absolute atomic E-state index is 0.0511. The van der Waals surface area contributed by atoms with E-state index < -0.39 is 0 Å². The molecule has 23 heavy (non-hydrogen) atoms. The Hall–Kier alpha value is -2.47. The van der Waals surface area contributed by atoms with Gasteiger partial charge in [0.15, 0.2) is 5.13 Å². The third-order valence-corrected chi connectivity index (χ3v) is 4.46. The zero-order chi connectivity index (χ0) is 16.2. The van der Waals surface area contributed by atoms with Crippen LogP contribution in [0.3, 0.4) is 0 Å². The molecule has 5 nitrogen and oxygen atoms in total. The molecule has 0 aromatic carbocycles. The molecule has 0 bridgehead atoms. The first-order valence-corrected chi connectivity index (χ1v) is 8.30. The highest BCUT2D eigenvalue weighted by Gasteiger charge is 2.17. The summed E-state index contributed by atoms with van der Waals surface area (Å²) >= 11 is 1.56. The molecule has 3 rings (SSSR count). The van der Waals surface area contributed by atoms with Crippen molar-refractivity contribution < 1.29 is 4.79 Å². The van der Waals surface area contributed by atoms with Crippen LogP contribution in [-0.4, -0.2) is 27.0 Å². The third kappa shape index (κ3) is 3.32. The van der Waals surface area contributed by atoms with E-state index in [1.54, 1.807) is 23.7 Å². The Bertz CT molecular complexity index is 794. The van der Waals surface area contributed by atoms with Gasteiger partial charge in [-0.1, -0.05) is 6.07 Å². The lowest BCUT2D eigenvalue weighted by Gasteiger charge is -2.07. The maximum Gasteiger partial charge on any atom is 0.253 e. The average Bonchev–Trinajstić information content (AvgIpc) is 3.16. The van der Waals surface area contributed by atoms with E-state index in [1.807, 2.05) is 48.2 Å². The Labute approximate surface area is 139 Å². The van der Waals surface area contributed by atoms with Crippen LogP contribution in [-0.2, 0) is 6.42 Å². The first kappa shape index (κ1) is 15.4. The highest BCUT2D eigenvalue weighted by atomic mass is 32.1. The summed E-state index contributed by atoms with van der Waals surface area (Å²) in [5, 5.41) is 5.79. The molecular formula is C17H18N4OS. The van der Waals surface area contributed by atoms with Crippen LogP contribution in [0.15, 0.2) is 42.2 Å². The second-order valence-electron chi connectivity index (χ2n) is 5.30. The van der Waals surface area contributed by atoms with Crippen molar-refractivity contribution in [2.24, 2.45) is 0 Å². The molecule has 1 amide bonds. The van der Waals surface area contributed by atoms with Gasteiger partial charge in [0, 0.05) is 41.9 Å². The molecule has 3 heterocycles. The number of aryl methyl sites for hydroxylation is 1. The standard InChI is InChI=1S/C17H18N4OS/c1-12-10-15(13(2)21(12)17-20-8-9-23-17)16(22)19-7-5-14-4-3-6-18-11-14/h3-4,6,8-11H,5,7H2,1-2H3,(H,19,22). The summed E-state index contributed by atoms with van der Waals surface area (Å²) in [5.74, 6) is -0.0511. The van der Waals surface area contributed by atoms with Crippen molar-refractivity contribution in [1.82, 2.24) is 19.9 Å². The molecule has 0 saturated heterocycles. The number of aromatic nitrogens is 3. The van der Waals surface area contributed by atoms with Gasteiger partial charge in [-0.2, -0.15) is 0 Å². The van der Waals surface area contributed by atoms with Gasteiger partial charge < -0.3 is 5.32 Å². The summed E-state index contributed by atoms with van der Waals surface area (Å²) in [6.07, 6.45) is 6.10. The van der Waals surface area contributed by atoms with Gasteiger partial charge >= 0.3 is 0 Å². The van der Waals surface area contributed by atoms with Crippen molar-refractivity contribution in [3.05, 3.63) is 64.7 Å². The van der Waals surface area contributed by atoms with Crippen molar-refractivity contribution in [2.45, 2.75) is 20.3 Å². The lowest BCUT2D eigenvalue weighted by atomic mass is 10.2. The van der Waals surface area contributed by atoms with Gasteiger partial charge in [-0.15, -0.1) is 11.3 Å². The average molecular weight is 326 g/mol. The largest absolute Gasteiger partial charge is 0.352 e. The van der Waals surface area contributed by atoms with Gasteiger partial charge in [-0.3, -0.25) is 14.3 Å². The Morgan fingerprint density at radius 1 is 1.35 bits per heavy atom. The molecule has 0 aliphatic rings. The van der Waals surface area contributed by atoms with Gasteiger partial charge in [-0.25, -0.2) is 4.98 Å². The van der Waals surface area contributed by atoms with Gasteiger partial charge in [0.05, 0.1) is 5.56 Å². The number of thiazole rings is 1. The van der Waals surface area contributed by atoms with Crippen LogP contribution >= 0.6 is 11.3 Å². The summed E-state index contributed by atoms with van der Waals surface area (Å²) < 4.78 is 2.01. The SMILES string of the molecule is Cc1cc(C(=O)NCCc2cccnc2)c(C)n1-c1nccs1. The quantitative estimate of drug-likeness (QED) is 0.784. The van der Waals surface area contributed by atoms with Crippen LogP contribution in [0.25, 0.3) is 5.13 Å². The van der Waals surface area contributed by atoms with Crippen LogP contribution in [0.2, 0.25) is 0 Å². The summed E-state index contributed by atoms with van der Waals surface area (Å²) in [7, 11) is 0. The second-order valence-corrected chi connectivity index (χ2v) is 6.18. The third-order valence-electron chi connectivity index (χ3n) is 3.71. The Morgan fingerprint density at radius 2 is 2.22 bits per heavy atom. The number of nitrogens with one attached hydrogen (secondary N) is 1. The van der Waals surface area contributed by atoms with Crippen LogP contribution in [0.5, 0.6) is 0 Å². The van der Waals surface area contributed by atoms with E-state index in [-0.39, 0.29) is 5.91 Å². The Morgan fingerprint density at radius 3 is 2.91 bits per heavy atom. The van der Waals surface area contributed by atoms with Gasteiger partial charge in [-0.05, 0) is 38.0 Å². The number of rotatable bonds is 5. The molecule has 0 fully saturated rings. The predicted molar refractivity (Wildman–Crippen MR) is 91.2 cm³/mol. The molecule has 0 aliphatic carbocycles. The number of carbonyl (C=O) groups is 1. The molecule has 0 radical (unpaired) electrons. The fraction of sp³-hybridized carbons (Fsp3) is 0.235. The van der Waals surface area contributed by atoms with Crippen molar-refractivity contribution in [3.8, 4) is 5.13 Å². The number of amides is 1. The van der Waals surface area contributed by atoms with E-state index >= 15 is 0 Å². The number of nitrogens with zero attached hydrogens (tertiary/aromatic N) is 3. The molecule has 3 aromatic rings. The smallest absolute Gasteiger partial charge is 0.253 e. The molecule has 0 atom stereocenters. The highest BCUT2D eigenvalue weighted by Crippen LogP contribution is 2.22. The monoisotopic (exact) mass is 326 g/mol. The number of hydrogen-bond acceptors (Lipinski definition) is 4. The lowest BCUT2D eigenvalue weighted by molar-refractivity contribution is 0.0953. The first-order valence-electron chi connectivity index (χ1n) is 7.42. The normalized spacial score (nSPS) is 10.7. The van der Waals surface area contributed by atoms with Crippen molar-refractivity contribution in [2.75, 3.05) is 6.54 Å². The molecule has 3 aromatic heterocycles. The second kappa shape index (κ2) is 6.75. The molecule has 0 aliphatic heterocycles. The van der Waals surface area contributed by atoms with Crippen LogP contribution in [0.4, 0.5) is 0 Å². The maximum atomic E-state index is 12.4. The number of pyridine rings is 1. The van der Waals surface area contributed by atoms with Crippen LogP contribution < -0.4 is 5.32 Å². The zero-order valence-corrected chi connectivity index (χ0v) is 13.9. The number of carbonyl (C=O) groups excluding carboxylic acids is 1. The van der Waals surface area contributed by atoms with Gasteiger partial charge in [0.2, 0.25) is 0 Å². The molecular weight excluding hydrogens is 308 g/mol. The minimum atomic E-state index is -0.0511. The van der Waals surface area contributed by atoms with E-state index in [2.05, 4.69) is 15.3 Å². The molecule has 6 heteroatoms. The Kier molecular flexibility index (Phi) is 4.52. The van der Waals surface area contributed by atoms with Crippen LogP contribution in [0, 0.1) is 13.8 Å². The molecule has 0 saturated carbocycles. The molecule has 1 N–H and O–H groups in total.